The van der Waals surface area contributed by atoms with Crippen LogP contribution in [0.1, 0.15) is 20.8 Å². The molecular formula is C11H21N5O2. The van der Waals surface area contributed by atoms with Gasteiger partial charge in [-0.05, 0) is 20.0 Å². The molecule has 1 rings (SSSR count). The highest BCUT2D eigenvalue weighted by molar-refractivity contribution is 5.54. The summed E-state index contributed by atoms with van der Waals surface area (Å²) in [5.41, 5.74) is 0.0175. The Morgan fingerprint density at radius 2 is 2.17 bits per heavy atom. The lowest BCUT2D eigenvalue weighted by atomic mass is 10.3. The Bertz CT molecular complexity index is 400. The van der Waals surface area contributed by atoms with Gasteiger partial charge in [0.1, 0.15) is 6.20 Å². The van der Waals surface area contributed by atoms with E-state index in [1.54, 1.807) is 7.05 Å². The molecule has 0 aliphatic heterocycles. The van der Waals surface area contributed by atoms with Crippen molar-refractivity contribution >= 4 is 11.5 Å². The lowest BCUT2D eigenvalue weighted by Crippen LogP contribution is -2.35. The van der Waals surface area contributed by atoms with Crippen LogP contribution in [0.15, 0.2) is 6.20 Å². The molecule has 0 aliphatic carbocycles. The summed E-state index contributed by atoms with van der Waals surface area (Å²) in [6, 6.07) is 0.110. The first kappa shape index (κ1) is 14.4. The van der Waals surface area contributed by atoms with E-state index < -0.39 is 4.92 Å². The van der Waals surface area contributed by atoms with Crippen LogP contribution in [0, 0.1) is 10.1 Å². The molecular weight excluding hydrogens is 234 g/mol. The largest absolute Gasteiger partial charge is 0.359 e. The van der Waals surface area contributed by atoms with Crippen LogP contribution in [0.25, 0.3) is 0 Å². The zero-order valence-electron chi connectivity index (χ0n) is 11.4. The van der Waals surface area contributed by atoms with Crippen molar-refractivity contribution in [2.24, 2.45) is 7.05 Å². The SMILES string of the molecule is CCN(CC)CC(C)Nc1nn(C)cc1[N+](=O)[O-]. The van der Waals surface area contributed by atoms with Gasteiger partial charge in [0.05, 0.1) is 4.92 Å². The highest BCUT2D eigenvalue weighted by atomic mass is 16.6. The molecule has 0 spiro atoms. The van der Waals surface area contributed by atoms with E-state index in [0.717, 1.165) is 19.6 Å². The van der Waals surface area contributed by atoms with E-state index in [4.69, 9.17) is 0 Å². The van der Waals surface area contributed by atoms with Gasteiger partial charge < -0.3 is 10.2 Å². The molecule has 0 amide bonds. The van der Waals surface area contributed by atoms with Crippen LogP contribution < -0.4 is 5.32 Å². The van der Waals surface area contributed by atoms with Gasteiger partial charge in [-0.15, -0.1) is 5.10 Å². The van der Waals surface area contributed by atoms with Crippen LogP contribution in [0.4, 0.5) is 11.5 Å². The molecule has 0 fully saturated rings. The Hall–Kier alpha value is -1.63. The van der Waals surface area contributed by atoms with E-state index in [1.807, 2.05) is 6.92 Å². The molecule has 0 saturated heterocycles. The molecule has 0 radical (unpaired) electrons. The monoisotopic (exact) mass is 255 g/mol. The minimum Gasteiger partial charge on any atom is -0.359 e. The van der Waals surface area contributed by atoms with Gasteiger partial charge in [-0.25, -0.2) is 0 Å². The molecule has 0 saturated carbocycles. The second kappa shape index (κ2) is 6.34. The van der Waals surface area contributed by atoms with Crippen LogP contribution in [-0.4, -0.2) is 45.3 Å². The molecule has 0 aromatic carbocycles. The first-order valence-electron chi connectivity index (χ1n) is 6.14. The minimum absolute atomic E-state index is 0.0175. The topological polar surface area (TPSA) is 76.2 Å². The van der Waals surface area contributed by atoms with Crippen LogP contribution >= 0.6 is 0 Å². The Labute approximate surface area is 107 Å². The molecule has 1 unspecified atom stereocenters. The molecule has 7 heteroatoms. The van der Waals surface area contributed by atoms with Crippen molar-refractivity contribution in [3.05, 3.63) is 16.3 Å². The fourth-order valence-corrected chi connectivity index (χ4v) is 1.86. The predicted molar refractivity (Wildman–Crippen MR) is 70.7 cm³/mol. The lowest BCUT2D eigenvalue weighted by molar-refractivity contribution is -0.384. The molecule has 102 valence electrons. The molecule has 1 atom stereocenters. The Morgan fingerprint density at radius 1 is 1.56 bits per heavy atom. The van der Waals surface area contributed by atoms with E-state index in [-0.39, 0.29) is 11.7 Å². The van der Waals surface area contributed by atoms with E-state index in [9.17, 15) is 10.1 Å². The van der Waals surface area contributed by atoms with Gasteiger partial charge in [-0.3, -0.25) is 14.8 Å². The van der Waals surface area contributed by atoms with Gasteiger partial charge in [-0.2, -0.15) is 0 Å². The molecule has 1 N–H and O–H groups in total. The molecule has 0 aliphatic rings. The van der Waals surface area contributed by atoms with Gasteiger partial charge in [-0.1, -0.05) is 13.8 Å². The number of likely N-dealkylation sites (N-methyl/N-ethyl adjacent to an activating group) is 1. The molecule has 0 bridgehead atoms. The first-order valence-corrected chi connectivity index (χ1v) is 6.14. The quantitative estimate of drug-likeness (QED) is 0.590. The van der Waals surface area contributed by atoms with Gasteiger partial charge in [0, 0.05) is 19.6 Å². The predicted octanol–water partition coefficient (Wildman–Crippen LogP) is 1.47. The van der Waals surface area contributed by atoms with Crippen molar-refractivity contribution in [2.75, 3.05) is 25.0 Å². The zero-order valence-corrected chi connectivity index (χ0v) is 11.4. The Kier molecular flexibility index (Phi) is 5.08. The normalized spacial score (nSPS) is 12.7. The molecule has 7 nitrogen and oxygen atoms in total. The first-order chi connectivity index (χ1) is 8.47. The van der Waals surface area contributed by atoms with Crippen LogP contribution in [-0.2, 0) is 7.05 Å². The van der Waals surface area contributed by atoms with Gasteiger partial charge in [0.25, 0.3) is 0 Å². The van der Waals surface area contributed by atoms with E-state index in [2.05, 4.69) is 29.2 Å². The summed E-state index contributed by atoms with van der Waals surface area (Å²) in [6.07, 6.45) is 1.41. The van der Waals surface area contributed by atoms with Crippen LogP contribution in [0.3, 0.4) is 0 Å². The number of aryl methyl sites for hydroxylation is 1. The van der Waals surface area contributed by atoms with E-state index in [0.29, 0.717) is 5.82 Å². The molecule has 18 heavy (non-hydrogen) atoms. The summed E-state index contributed by atoms with van der Waals surface area (Å²) in [4.78, 5) is 12.7. The highest BCUT2D eigenvalue weighted by Gasteiger charge is 2.20. The summed E-state index contributed by atoms with van der Waals surface area (Å²) in [5.74, 6) is 0.335. The van der Waals surface area contributed by atoms with E-state index in [1.165, 1.54) is 10.9 Å². The minimum atomic E-state index is -0.417. The maximum Gasteiger partial charge on any atom is 0.330 e. The average Bonchev–Trinajstić information content (AvgIpc) is 2.67. The number of nitro groups is 1. The zero-order chi connectivity index (χ0) is 13.7. The van der Waals surface area contributed by atoms with E-state index >= 15 is 0 Å². The summed E-state index contributed by atoms with van der Waals surface area (Å²) in [7, 11) is 1.67. The number of nitrogens with one attached hydrogen (secondary N) is 1. The summed E-state index contributed by atoms with van der Waals surface area (Å²) in [5, 5.41) is 18.0. The van der Waals surface area contributed by atoms with Crippen molar-refractivity contribution < 1.29 is 4.92 Å². The number of hydrogen-bond donors (Lipinski definition) is 1. The summed E-state index contributed by atoms with van der Waals surface area (Å²) in [6.45, 7) is 8.95. The van der Waals surface area contributed by atoms with Crippen LogP contribution in [0.5, 0.6) is 0 Å². The van der Waals surface area contributed by atoms with Crippen molar-refractivity contribution in [3.63, 3.8) is 0 Å². The van der Waals surface area contributed by atoms with Crippen molar-refractivity contribution in [1.29, 1.82) is 0 Å². The third kappa shape index (κ3) is 3.69. The van der Waals surface area contributed by atoms with Crippen molar-refractivity contribution in [3.8, 4) is 0 Å². The number of rotatable bonds is 7. The Morgan fingerprint density at radius 3 is 2.67 bits per heavy atom. The number of anilines is 1. The summed E-state index contributed by atoms with van der Waals surface area (Å²) >= 11 is 0. The van der Waals surface area contributed by atoms with Crippen LogP contribution in [0.2, 0.25) is 0 Å². The fourth-order valence-electron chi connectivity index (χ4n) is 1.86. The smallest absolute Gasteiger partial charge is 0.330 e. The number of nitrogens with zero attached hydrogens (tertiary/aromatic N) is 4. The average molecular weight is 255 g/mol. The number of aromatic nitrogens is 2. The maximum absolute atomic E-state index is 10.9. The van der Waals surface area contributed by atoms with Gasteiger partial charge in [0.2, 0.25) is 5.82 Å². The van der Waals surface area contributed by atoms with Gasteiger partial charge >= 0.3 is 5.69 Å². The lowest BCUT2D eigenvalue weighted by Gasteiger charge is -2.23. The third-order valence-corrected chi connectivity index (χ3v) is 2.82. The molecule has 1 aromatic rings. The second-order valence-corrected chi connectivity index (χ2v) is 4.32. The standard InChI is InChI=1S/C11H21N5O2/c1-5-15(6-2)7-9(3)12-11-10(16(17)18)8-14(4)13-11/h8-9H,5-7H2,1-4H3,(H,12,13). The second-order valence-electron chi connectivity index (χ2n) is 4.32. The molecule has 1 heterocycles. The maximum atomic E-state index is 10.9. The van der Waals surface area contributed by atoms with Gasteiger partial charge in [0.15, 0.2) is 0 Å². The molecule has 1 aromatic heterocycles. The highest BCUT2D eigenvalue weighted by Crippen LogP contribution is 2.22. The van der Waals surface area contributed by atoms with Crippen molar-refractivity contribution in [2.45, 2.75) is 26.8 Å². The van der Waals surface area contributed by atoms with Crippen molar-refractivity contribution in [1.82, 2.24) is 14.7 Å². The Balaban J connectivity index is 2.69. The number of hydrogen-bond acceptors (Lipinski definition) is 5. The third-order valence-electron chi connectivity index (χ3n) is 2.82. The fraction of sp³-hybridized carbons (Fsp3) is 0.727. The summed E-state index contributed by atoms with van der Waals surface area (Å²) < 4.78 is 1.45.